The van der Waals surface area contributed by atoms with Crippen LogP contribution in [-0.4, -0.2) is 19.8 Å². The first-order chi connectivity index (χ1) is 9.15. The van der Waals surface area contributed by atoms with Gasteiger partial charge in [-0.25, -0.2) is 0 Å². The van der Waals surface area contributed by atoms with E-state index >= 15 is 0 Å². The van der Waals surface area contributed by atoms with Crippen LogP contribution in [0.5, 0.6) is 11.5 Å². The molecule has 1 aliphatic rings. The second-order valence-corrected chi connectivity index (χ2v) is 5.26. The molecule has 0 aromatic heterocycles. The SMILES string of the molecule is CC(C)c1c(/C=C/CN)c(Cl)cc2c1OCCCO2. The lowest BCUT2D eigenvalue weighted by molar-refractivity contribution is 0.296. The number of hydrogen-bond acceptors (Lipinski definition) is 3. The van der Waals surface area contributed by atoms with Crippen molar-refractivity contribution >= 4 is 17.7 Å². The summed E-state index contributed by atoms with van der Waals surface area (Å²) >= 11 is 6.37. The maximum Gasteiger partial charge on any atom is 0.165 e. The Bertz CT molecular complexity index is 484. The van der Waals surface area contributed by atoms with Crippen LogP contribution in [0.25, 0.3) is 6.08 Å². The molecule has 0 spiro atoms. The maximum absolute atomic E-state index is 6.37. The summed E-state index contributed by atoms with van der Waals surface area (Å²) in [6.07, 6.45) is 4.75. The molecule has 0 atom stereocenters. The molecule has 0 amide bonds. The van der Waals surface area contributed by atoms with E-state index < -0.39 is 0 Å². The van der Waals surface area contributed by atoms with E-state index in [4.69, 9.17) is 26.8 Å². The Morgan fingerprint density at radius 1 is 1.37 bits per heavy atom. The van der Waals surface area contributed by atoms with E-state index in [-0.39, 0.29) is 0 Å². The first kappa shape index (κ1) is 14.2. The van der Waals surface area contributed by atoms with Gasteiger partial charge in [-0.3, -0.25) is 0 Å². The van der Waals surface area contributed by atoms with Gasteiger partial charge in [0, 0.05) is 30.2 Å². The first-order valence-electron chi connectivity index (χ1n) is 6.63. The summed E-state index contributed by atoms with van der Waals surface area (Å²) in [5.41, 5.74) is 7.60. The second kappa shape index (κ2) is 6.31. The van der Waals surface area contributed by atoms with Crippen LogP contribution >= 0.6 is 11.6 Å². The average Bonchev–Trinajstić information content (AvgIpc) is 2.60. The Kier molecular flexibility index (Phi) is 4.72. The largest absolute Gasteiger partial charge is 0.489 e. The van der Waals surface area contributed by atoms with Crippen molar-refractivity contribution in [1.82, 2.24) is 0 Å². The molecule has 1 aromatic rings. The Morgan fingerprint density at radius 2 is 2.11 bits per heavy atom. The predicted molar refractivity (Wildman–Crippen MR) is 79.2 cm³/mol. The van der Waals surface area contributed by atoms with E-state index in [1.807, 2.05) is 18.2 Å². The van der Waals surface area contributed by atoms with E-state index in [0.29, 0.717) is 30.7 Å². The van der Waals surface area contributed by atoms with Gasteiger partial charge in [-0.1, -0.05) is 37.6 Å². The highest BCUT2D eigenvalue weighted by Gasteiger charge is 2.22. The average molecular weight is 282 g/mol. The van der Waals surface area contributed by atoms with Crippen LogP contribution in [0.15, 0.2) is 12.1 Å². The highest BCUT2D eigenvalue weighted by molar-refractivity contribution is 6.32. The van der Waals surface area contributed by atoms with Crippen molar-refractivity contribution in [2.75, 3.05) is 19.8 Å². The molecule has 2 N–H and O–H groups in total. The number of hydrogen-bond donors (Lipinski definition) is 1. The third-order valence-electron chi connectivity index (χ3n) is 3.06. The van der Waals surface area contributed by atoms with Gasteiger partial charge < -0.3 is 15.2 Å². The number of rotatable bonds is 3. The fourth-order valence-corrected chi connectivity index (χ4v) is 2.51. The lowest BCUT2D eigenvalue weighted by Crippen LogP contribution is -2.02. The van der Waals surface area contributed by atoms with Gasteiger partial charge in [0.25, 0.3) is 0 Å². The molecular formula is C15H20ClNO2. The number of benzene rings is 1. The van der Waals surface area contributed by atoms with Crippen molar-refractivity contribution in [3.63, 3.8) is 0 Å². The van der Waals surface area contributed by atoms with Gasteiger partial charge in [-0.05, 0) is 5.92 Å². The van der Waals surface area contributed by atoms with Crippen molar-refractivity contribution < 1.29 is 9.47 Å². The summed E-state index contributed by atoms with van der Waals surface area (Å²) in [5.74, 6) is 1.87. The lowest BCUT2D eigenvalue weighted by Gasteiger charge is -2.19. The third-order valence-corrected chi connectivity index (χ3v) is 3.38. The molecule has 2 rings (SSSR count). The standard InChI is InChI=1S/C15H20ClNO2/c1-10(2)14-11(5-3-6-17)12(16)9-13-15(14)19-8-4-7-18-13/h3,5,9-10H,4,6-8,17H2,1-2H3/b5-3+. The Labute approximate surface area is 119 Å². The Balaban J connectivity index is 2.60. The lowest BCUT2D eigenvalue weighted by atomic mass is 9.95. The van der Waals surface area contributed by atoms with Crippen LogP contribution in [0.4, 0.5) is 0 Å². The predicted octanol–water partition coefficient (Wildman–Crippen LogP) is 3.60. The summed E-state index contributed by atoms with van der Waals surface area (Å²) in [6, 6.07) is 1.84. The molecule has 1 aliphatic heterocycles. The van der Waals surface area contributed by atoms with Crippen molar-refractivity contribution in [3.05, 3.63) is 28.3 Å². The summed E-state index contributed by atoms with van der Waals surface area (Å²) in [6.45, 7) is 6.08. The zero-order valence-electron chi connectivity index (χ0n) is 11.4. The zero-order valence-corrected chi connectivity index (χ0v) is 12.2. The normalized spacial score (nSPS) is 15.0. The quantitative estimate of drug-likeness (QED) is 0.921. The molecule has 1 heterocycles. The number of ether oxygens (including phenoxy) is 2. The van der Waals surface area contributed by atoms with Gasteiger partial charge in [0.2, 0.25) is 0 Å². The molecule has 0 aliphatic carbocycles. The molecule has 104 valence electrons. The van der Waals surface area contributed by atoms with Gasteiger partial charge in [-0.2, -0.15) is 0 Å². The van der Waals surface area contributed by atoms with Crippen LogP contribution < -0.4 is 15.2 Å². The molecule has 0 saturated heterocycles. The van der Waals surface area contributed by atoms with Crippen LogP contribution in [0.2, 0.25) is 5.02 Å². The number of halogens is 1. The van der Waals surface area contributed by atoms with E-state index in [9.17, 15) is 0 Å². The van der Waals surface area contributed by atoms with Crippen LogP contribution in [0, 0.1) is 0 Å². The fourth-order valence-electron chi connectivity index (χ4n) is 2.24. The Morgan fingerprint density at radius 3 is 2.79 bits per heavy atom. The summed E-state index contributed by atoms with van der Waals surface area (Å²) in [7, 11) is 0. The number of nitrogens with two attached hydrogens (primary N) is 1. The fraction of sp³-hybridized carbons (Fsp3) is 0.467. The topological polar surface area (TPSA) is 44.5 Å². The highest BCUT2D eigenvalue weighted by atomic mass is 35.5. The molecule has 0 unspecified atom stereocenters. The molecule has 0 fully saturated rings. The first-order valence-corrected chi connectivity index (χ1v) is 7.01. The van der Waals surface area contributed by atoms with Gasteiger partial charge >= 0.3 is 0 Å². The molecule has 4 heteroatoms. The third kappa shape index (κ3) is 3.04. The van der Waals surface area contributed by atoms with Crippen molar-refractivity contribution in [2.24, 2.45) is 5.73 Å². The molecule has 3 nitrogen and oxygen atoms in total. The van der Waals surface area contributed by atoms with Crippen molar-refractivity contribution in [2.45, 2.75) is 26.2 Å². The summed E-state index contributed by atoms with van der Waals surface area (Å²) in [4.78, 5) is 0. The minimum absolute atomic E-state index is 0.298. The molecule has 0 saturated carbocycles. The van der Waals surface area contributed by atoms with Gasteiger partial charge in [0.05, 0.1) is 18.2 Å². The van der Waals surface area contributed by atoms with Crippen LogP contribution in [0.1, 0.15) is 37.3 Å². The summed E-state index contributed by atoms with van der Waals surface area (Å²) in [5, 5.41) is 0.678. The molecule has 0 radical (unpaired) electrons. The van der Waals surface area contributed by atoms with E-state index in [2.05, 4.69) is 13.8 Å². The molecular weight excluding hydrogens is 262 g/mol. The van der Waals surface area contributed by atoms with E-state index in [1.165, 1.54) is 0 Å². The second-order valence-electron chi connectivity index (χ2n) is 4.86. The van der Waals surface area contributed by atoms with E-state index in [1.54, 1.807) is 0 Å². The Hall–Kier alpha value is -1.19. The highest BCUT2D eigenvalue weighted by Crippen LogP contribution is 2.43. The monoisotopic (exact) mass is 281 g/mol. The molecule has 1 aromatic carbocycles. The smallest absolute Gasteiger partial charge is 0.165 e. The number of fused-ring (bicyclic) bond motifs is 1. The van der Waals surface area contributed by atoms with Gasteiger partial charge in [-0.15, -0.1) is 0 Å². The summed E-state index contributed by atoms with van der Waals surface area (Å²) < 4.78 is 11.6. The van der Waals surface area contributed by atoms with E-state index in [0.717, 1.165) is 29.0 Å². The van der Waals surface area contributed by atoms with Crippen molar-refractivity contribution in [3.8, 4) is 11.5 Å². The minimum Gasteiger partial charge on any atom is -0.489 e. The van der Waals surface area contributed by atoms with Crippen LogP contribution in [0.3, 0.4) is 0 Å². The molecule has 19 heavy (non-hydrogen) atoms. The minimum atomic E-state index is 0.298. The van der Waals surface area contributed by atoms with Crippen molar-refractivity contribution in [1.29, 1.82) is 0 Å². The van der Waals surface area contributed by atoms with Gasteiger partial charge in [0.1, 0.15) is 0 Å². The van der Waals surface area contributed by atoms with Crippen LogP contribution in [-0.2, 0) is 0 Å². The maximum atomic E-state index is 6.37. The zero-order chi connectivity index (χ0) is 13.8. The van der Waals surface area contributed by atoms with Gasteiger partial charge in [0.15, 0.2) is 11.5 Å². The molecule has 0 bridgehead atoms.